The van der Waals surface area contributed by atoms with E-state index in [1.54, 1.807) is 30.3 Å². The van der Waals surface area contributed by atoms with E-state index >= 15 is 0 Å². The van der Waals surface area contributed by atoms with Crippen molar-refractivity contribution in [3.63, 3.8) is 0 Å². The van der Waals surface area contributed by atoms with Gasteiger partial charge in [0.25, 0.3) is 5.91 Å². The Morgan fingerprint density at radius 3 is 2.24 bits per heavy atom. The fourth-order valence-electron chi connectivity index (χ4n) is 2.16. The Bertz CT molecular complexity index is 775. The first kappa shape index (κ1) is 18.0. The molecule has 0 heterocycles. The van der Waals surface area contributed by atoms with E-state index in [1.807, 2.05) is 43.3 Å². The molecule has 128 valence electrons. The highest BCUT2D eigenvalue weighted by molar-refractivity contribution is 6.04. The maximum absolute atomic E-state index is 12.3. The van der Waals surface area contributed by atoms with Crippen molar-refractivity contribution in [1.82, 2.24) is 5.32 Å². The molecule has 2 aromatic carbocycles. The lowest BCUT2D eigenvalue weighted by Crippen LogP contribution is -2.21. The third kappa shape index (κ3) is 5.36. The molecule has 0 aromatic heterocycles. The first-order chi connectivity index (χ1) is 12.0. The Labute approximate surface area is 147 Å². The smallest absolute Gasteiger partial charge is 0.255 e. The summed E-state index contributed by atoms with van der Waals surface area (Å²) in [5.41, 5.74) is 3.17. The number of benzene rings is 2. The van der Waals surface area contributed by atoms with Crippen LogP contribution in [0.15, 0.2) is 48.5 Å². The normalized spacial score (nSPS) is 9.80. The number of amides is 2. The molecule has 2 aromatic rings. The monoisotopic (exact) mass is 336 g/mol. The Morgan fingerprint density at radius 1 is 1.04 bits per heavy atom. The van der Waals surface area contributed by atoms with Gasteiger partial charge in [-0.15, -0.1) is 0 Å². The van der Waals surface area contributed by atoms with Gasteiger partial charge in [0.2, 0.25) is 5.91 Å². The molecule has 2 amide bonds. The highest BCUT2D eigenvalue weighted by Crippen LogP contribution is 2.15. The molecule has 0 unspecified atom stereocenters. The van der Waals surface area contributed by atoms with Crippen LogP contribution in [0.1, 0.15) is 22.3 Å². The molecule has 0 aliphatic rings. The third-order valence-corrected chi connectivity index (χ3v) is 3.59. The summed E-state index contributed by atoms with van der Waals surface area (Å²) in [5.74, 6) is -0.485. The largest absolute Gasteiger partial charge is 0.378 e. The molecule has 0 atom stereocenters. The molecule has 0 fully saturated rings. The highest BCUT2D eigenvalue weighted by atomic mass is 16.2. The predicted octanol–water partition coefficient (Wildman–Crippen LogP) is 2.53. The number of nitriles is 1. The lowest BCUT2D eigenvalue weighted by molar-refractivity contribution is -0.120. The van der Waals surface area contributed by atoms with Crippen LogP contribution in [-0.2, 0) is 11.3 Å². The second-order valence-corrected chi connectivity index (χ2v) is 5.70. The number of anilines is 2. The summed E-state index contributed by atoms with van der Waals surface area (Å²) in [7, 11) is 3.89. The standard InChI is InChI=1S/C19H20N4O2/c1-23(2)17-9-5-15(6-10-17)19(25)22-16-7-3-14(4-8-16)13-21-18(24)11-12-20/h3-10H,11,13H2,1-2H3,(H,21,24)(H,22,25). The Morgan fingerprint density at radius 2 is 1.68 bits per heavy atom. The average Bonchev–Trinajstić information content (AvgIpc) is 2.61. The molecule has 2 N–H and O–H groups in total. The maximum Gasteiger partial charge on any atom is 0.255 e. The number of nitrogens with zero attached hydrogens (tertiary/aromatic N) is 2. The number of nitrogens with one attached hydrogen (secondary N) is 2. The van der Waals surface area contributed by atoms with E-state index in [2.05, 4.69) is 10.6 Å². The van der Waals surface area contributed by atoms with Crippen LogP contribution in [0.4, 0.5) is 11.4 Å². The number of hydrogen-bond donors (Lipinski definition) is 2. The molecular weight excluding hydrogens is 316 g/mol. The summed E-state index contributed by atoms with van der Waals surface area (Å²) in [4.78, 5) is 25.5. The Hall–Kier alpha value is -3.33. The summed E-state index contributed by atoms with van der Waals surface area (Å²) in [5, 5.41) is 13.9. The third-order valence-electron chi connectivity index (χ3n) is 3.59. The van der Waals surface area contributed by atoms with Crippen molar-refractivity contribution >= 4 is 23.2 Å². The first-order valence-electron chi connectivity index (χ1n) is 7.81. The van der Waals surface area contributed by atoms with Crippen molar-refractivity contribution in [3.05, 3.63) is 59.7 Å². The maximum atomic E-state index is 12.3. The molecule has 6 heteroatoms. The summed E-state index contributed by atoms with van der Waals surface area (Å²) in [6.07, 6.45) is -0.152. The van der Waals surface area contributed by atoms with Gasteiger partial charge in [0, 0.05) is 37.6 Å². The predicted molar refractivity (Wildman–Crippen MR) is 97.2 cm³/mol. The van der Waals surface area contributed by atoms with Gasteiger partial charge in [-0.25, -0.2) is 0 Å². The molecule has 0 aliphatic carbocycles. The zero-order valence-electron chi connectivity index (χ0n) is 14.2. The van der Waals surface area contributed by atoms with E-state index in [0.29, 0.717) is 17.8 Å². The van der Waals surface area contributed by atoms with Gasteiger partial charge >= 0.3 is 0 Å². The van der Waals surface area contributed by atoms with E-state index < -0.39 is 0 Å². The SMILES string of the molecule is CN(C)c1ccc(C(=O)Nc2ccc(CNC(=O)CC#N)cc2)cc1. The fourth-order valence-corrected chi connectivity index (χ4v) is 2.16. The van der Waals surface area contributed by atoms with Gasteiger partial charge in [0.1, 0.15) is 6.42 Å². The summed E-state index contributed by atoms with van der Waals surface area (Å²) in [6, 6.07) is 16.3. The summed E-state index contributed by atoms with van der Waals surface area (Å²) >= 11 is 0. The van der Waals surface area contributed by atoms with Gasteiger partial charge in [0.15, 0.2) is 0 Å². The van der Waals surface area contributed by atoms with Crippen molar-refractivity contribution in [2.75, 3.05) is 24.3 Å². The van der Waals surface area contributed by atoms with E-state index in [4.69, 9.17) is 5.26 Å². The zero-order valence-corrected chi connectivity index (χ0v) is 14.2. The minimum atomic E-state index is -0.305. The highest BCUT2D eigenvalue weighted by Gasteiger charge is 2.07. The van der Waals surface area contributed by atoms with Crippen LogP contribution in [-0.4, -0.2) is 25.9 Å². The molecular formula is C19H20N4O2. The van der Waals surface area contributed by atoms with Crippen molar-refractivity contribution in [2.45, 2.75) is 13.0 Å². The van der Waals surface area contributed by atoms with Crippen LogP contribution < -0.4 is 15.5 Å². The number of hydrogen-bond acceptors (Lipinski definition) is 4. The van der Waals surface area contributed by atoms with Gasteiger partial charge in [-0.3, -0.25) is 9.59 Å². The number of carbonyl (C=O) groups is 2. The van der Waals surface area contributed by atoms with Crippen molar-refractivity contribution < 1.29 is 9.59 Å². The van der Waals surface area contributed by atoms with Crippen LogP contribution in [0.3, 0.4) is 0 Å². The van der Waals surface area contributed by atoms with Crippen molar-refractivity contribution in [1.29, 1.82) is 5.26 Å². The summed E-state index contributed by atoms with van der Waals surface area (Å²) < 4.78 is 0. The molecule has 0 saturated heterocycles. The molecule has 0 bridgehead atoms. The molecule has 0 radical (unpaired) electrons. The zero-order chi connectivity index (χ0) is 18.2. The molecule has 0 saturated carbocycles. The van der Waals surface area contributed by atoms with E-state index in [-0.39, 0.29) is 18.2 Å². The minimum Gasteiger partial charge on any atom is -0.378 e. The van der Waals surface area contributed by atoms with Crippen molar-refractivity contribution in [3.8, 4) is 6.07 Å². The van der Waals surface area contributed by atoms with Crippen molar-refractivity contribution in [2.24, 2.45) is 0 Å². The molecule has 0 spiro atoms. The van der Waals surface area contributed by atoms with Crippen LogP contribution >= 0.6 is 0 Å². The fraction of sp³-hybridized carbons (Fsp3) is 0.211. The molecule has 0 aliphatic heterocycles. The van der Waals surface area contributed by atoms with Gasteiger partial charge in [-0.2, -0.15) is 5.26 Å². The van der Waals surface area contributed by atoms with Crippen LogP contribution in [0.5, 0.6) is 0 Å². The van der Waals surface area contributed by atoms with Gasteiger partial charge < -0.3 is 15.5 Å². The average molecular weight is 336 g/mol. The second-order valence-electron chi connectivity index (χ2n) is 5.70. The van der Waals surface area contributed by atoms with E-state index in [1.165, 1.54) is 0 Å². The van der Waals surface area contributed by atoms with Crippen LogP contribution in [0.25, 0.3) is 0 Å². The van der Waals surface area contributed by atoms with Gasteiger partial charge in [-0.05, 0) is 42.0 Å². The first-order valence-corrected chi connectivity index (χ1v) is 7.81. The van der Waals surface area contributed by atoms with Gasteiger partial charge in [-0.1, -0.05) is 12.1 Å². The topological polar surface area (TPSA) is 85.2 Å². The van der Waals surface area contributed by atoms with E-state index in [0.717, 1.165) is 11.3 Å². The molecule has 25 heavy (non-hydrogen) atoms. The summed E-state index contributed by atoms with van der Waals surface area (Å²) in [6.45, 7) is 0.348. The number of rotatable bonds is 6. The van der Waals surface area contributed by atoms with E-state index in [9.17, 15) is 9.59 Å². The minimum absolute atomic E-state index is 0.152. The second kappa shape index (κ2) is 8.50. The number of carbonyl (C=O) groups excluding carboxylic acids is 2. The quantitative estimate of drug-likeness (QED) is 0.849. The van der Waals surface area contributed by atoms with Crippen LogP contribution in [0.2, 0.25) is 0 Å². The Balaban J connectivity index is 1.93. The lowest BCUT2D eigenvalue weighted by atomic mass is 10.1. The molecule has 2 rings (SSSR count). The Kier molecular flexibility index (Phi) is 6.13. The molecule has 6 nitrogen and oxygen atoms in total. The van der Waals surface area contributed by atoms with Crippen LogP contribution in [0, 0.1) is 11.3 Å². The lowest BCUT2D eigenvalue weighted by Gasteiger charge is -2.12. The van der Waals surface area contributed by atoms with Gasteiger partial charge in [0.05, 0.1) is 6.07 Å².